The van der Waals surface area contributed by atoms with Crippen LogP contribution in [0.15, 0.2) is 11.6 Å². The van der Waals surface area contributed by atoms with Crippen molar-refractivity contribution in [2.75, 3.05) is 25.1 Å². The number of amides is 3. The smallest absolute Gasteiger partial charge is 0.344 e. The van der Waals surface area contributed by atoms with Crippen molar-refractivity contribution >= 4 is 30.1 Å². The van der Waals surface area contributed by atoms with E-state index in [0.717, 1.165) is 5.57 Å². The molecule has 1 N–H and O–H groups in total. The van der Waals surface area contributed by atoms with Crippen molar-refractivity contribution in [2.24, 2.45) is 0 Å². The summed E-state index contributed by atoms with van der Waals surface area (Å²) in [4.78, 5) is 27.2. The maximum Gasteiger partial charge on any atom is 0.344 e. The molecule has 2 bridgehead atoms. The van der Waals surface area contributed by atoms with E-state index in [4.69, 9.17) is 4.53 Å². The number of hydrogen-bond donors (Lipinski definition) is 1. The van der Waals surface area contributed by atoms with Crippen molar-refractivity contribution in [3.8, 4) is 0 Å². The fraction of sp³-hybridized carbons (Fsp3) is 0.778. The minimum atomic E-state index is -3.06. The van der Waals surface area contributed by atoms with Gasteiger partial charge in [-0.3, -0.25) is 4.79 Å². The number of carbonyl (C=O) groups is 2. The molecule has 0 aliphatic carbocycles. The first-order valence-electron chi connectivity index (χ1n) is 9.57. The van der Waals surface area contributed by atoms with Gasteiger partial charge in [-0.1, -0.05) is 26.8 Å². The van der Waals surface area contributed by atoms with Gasteiger partial charge in [0.1, 0.15) is 15.9 Å². The summed E-state index contributed by atoms with van der Waals surface area (Å²) in [6.07, 6.45) is 3.44. The van der Waals surface area contributed by atoms with E-state index >= 15 is 0 Å². The van der Waals surface area contributed by atoms with Crippen molar-refractivity contribution in [1.82, 2.24) is 15.3 Å². The molecule has 0 aromatic carbocycles. The lowest BCUT2D eigenvalue weighted by molar-refractivity contribution is -0.124. The zero-order valence-corrected chi connectivity index (χ0v) is 19.7. The summed E-state index contributed by atoms with van der Waals surface area (Å²) >= 11 is 0. The summed E-state index contributed by atoms with van der Waals surface area (Å²) in [6.45, 7) is 13.0. The van der Waals surface area contributed by atoms with Crippen molar-refractivity contribution in [2.45, 2.75) is 64.3 Å². The number of nitrogens with one attached hydrogen (secondary N) is 1. The number of hydroxylamine groups is 2. The zero-order valence-electron chi connectivity index (χ0n) is 17.9. The number of hydrogen-bond acceptors (Lipinski definition) is 5. The van der Waals surface area contributed by atoms with Gasteiger partial charge in [0.2, 0.25) is 14.2 Å². The number of urea groups is 1. The second-order valence-corrected chi connectivity index (χ2v) is 16.2. The van der Waals surface area contributed by atoms with Crippen LogP contribution in [0.5, 0.6) is 0 Å². The summed E-state index contributed by atoms with van der Waals surface area (Å²) in [5.41, 5.74) is 0.798. The summed E-state index contributed by atoms with van der Waals surface area (Å²) in [6, 6.07) is -1.18. The lowest BCUT2D eigenvalue weighted by atomic mass is 10.00. The molecule has 10 heteroatoms. The highest BCUT2D eigenvalue weighted by Gasteiger charge is 2.50. The summed E-state index contributed by atoms with van der Waals surface area (Å²) in [7, 11) is -5.25. The lowest BCUT2D eigenvalue weighted by Crippen LogP contribution is -2.51. The zero-order chi connectivity index (χ0) is 21.5. The Kier molecular flexibility index (Phi) is 6.37. The van der Waals surface area contributed by atoms with Crippen LogP contribution in [-0.2, 0) is 19.2 Å². The molecule has 3 amide bonds. The number of carbonyl (C=O) groups excluding carboxylic acids is 2. The Hall–Kier alpha value is -1.39. The molecule has 1 saturated heterocycles. The Labute approximate surface area is 169 Å². The van der Waals surface area contributed by atoms with Crippen LogP contribution in [0.2, 0.25) is 18.1 Å². The van der Waals surface area contributed by atoms with Gasteiger partial charge in [-0.2, -0.15) is 0 Å². The first kappa shape index (κ1) is 22.9. The average molecular weight is 432 g/mol. The fourth-order valence-electron chi connectivity index (χ4n) is 3.08. The third kappa shape index (κ3) is 4.96. The number of sulfone groups is 1. The summed E-state index contributed by atoms with van der Waals surface area (Å²) in [5, 5.41) is 4.15. The van der Waals surface area contributed by atoms with Crippen molar-refractivity contribution in [3.63, 3.8) is 0 Å². The summed E-state index contributed by atoms with van der Waals surface area (Å²) < 4.78 is 28.7. The molecule has 2 rings (SSSR count). The minimum Gasteiger partial charge on any atom is -0.354 e. The van der Waals surface area contributed by atoms with Gasteiger partial charge in [-0.05, 0) is 37.0 Å². The van der Waals surface area contributed by atoms with Crippen LogP contribution in [-0.4, -0.2) is 75.8 Å². The molecule has 0 aromatic heterocycles. The van der Waals surface area contributed by atoms with Crippen LogP contribution in [0.4, 0.5) is 4.79 Å². The summed E-state index contributed by atoms with van der Waals surface area (Å²) in [5.74, 6) is -0.269. The maximum absolute atomic E-state index is 13.0. The SMILES string of the molecule is CC1=C[C@@H]2CN(C(=O)N2O[Si](C)(C)C(C)(C)C)[C@@H]1C(=O)NCCCS(C)(=O)=O. The quantitative estimate of drug-likeness (QED) is 0.377. The molecule has 28 heavy (non-hydrogen) atoms. The van der Waals surface area contributed by atoms with Gasteiger partial charge in [-0.15, -0.1) is 0 Å². The van der Waals surface area contributed by atoms with E-state index in [1.165, 1.54) is 11.3 Å². The molecular weight excluding hydrogens is 398 g/mol. The third-order valence-corrected chi connectivity index (χ3v) is 11.0. The number of nitrogens with zero attached hydrogens (tertiary/aromatic N) is 2. The van der Waals surface area contributed by atoms with Crippen LogP contribution in [0.1, 0.15) is 34.1 Å². The second kappa shape index (κ2) is 7.79. The van der Waals surface area contributed by atoms with Crippen molar-refractivity contribution < 1.29 is 22.5 Å². The largest absolute Gasteiger partial charge is 0.354 e. The molecule has 160 valence electrons. The molecule has 0 spiro atoms. The highest BCUT2D eigenvalue weighted by molar-refractivity contribution is 7.90. The van der Waals surface area contributed by atoms with Gasteiger partial charge < -0.3 is 14.7 Å². The first-order chi connectivity index (χ1) is 12.6. The van der Waals surface area contributed by atoms with Gasteiger partial charge in [0.25, 0.3) is 0 Å². The average Bonchev–Trinajstić information content (AvgIpc) is 2.74. The molecule has 1 fully saturated rings. The monoisotopic (exact) mass is 431 g/mol. The van der Waals surface area contributed by atoms with Crippen LogP contribution in [0, 0.1) is 0 Å². The van der Waals surface area contributed by atoms with Gasteiger partial charge >= 0.3 is 6.03 Å². The van der Waals surface area contributed by atoms with Gasteiger partial charge in [-0.25, -0.2) is 18.3 Å². The van der Waals surface area contributed by atoms with Crippen LogP contribution >= 0.6 is 0 Å². The number of rotatable bonds is 7. The molecule has 2 atom stereocenters. The predicted molar refractivity (Wildman–Crippen MR) is 111 cm³/mol. The van der Waals surface area contributed by atoms with E-state index in [-0.39, 0.29) is 35.3 Å². The topological polar surface area (TPSA) is 96.0 Å². The molecule has 8 nitrogen and oxygen atoms in total. The Morgan fingerprint density at radius 2 is 1.96 bits per heavy atom. The molecule has 0 unspecified atom stereocenters. The highest BCUT2D eigenvalue weighted by Crippen LogP contribution is 2.39. The van der Waals surface area contributed by atoms with Crippen LogP contribution in [0.3, 0.4) is 0 Å². The number of fused-ring (bicyclic) bond motifs is 2. The van der Waals surface area contributed by atoms with E-state index in [0.29, 0.717) is 13.0 Å². The van der Waals surface area contributed by atoms with E-state index < -0.39 is 24.2 Å². The molecule has 0 saturated carbocycles. The highest BCUT2D eigenvalue weighted by atomic mass is 32.2. The maximum atomic E-state index is 13.0. The minimum absolute atomic E-state index is 0.0195. The normalized spacial score (nSPS) is 23.1. The van der Waals surface area contributed by atoms with Crippen molar-refractivity contribution in [1.29, 1.82) is 0 Å². The van der Waals surface area contributed by atoms with E-state index in [1.807, 2.05) is 13.0 Å². The van der Waals surface area contributed by atoms with Gasteiger partial charge in [0.15, 0.2) is 0 Å². The molecular formula is C18H33N3O5SSi. The van der Waals surface area contributed by atoms with Gasteiger partial charge in [0.05, 0.1) is 18.3 Å². The fourth-order valence-corrected chi connectivity index (χ4v) is 4.73. The van der Waals surface area contributed by atoms with Crippen LogP contribution in [0.25, 0.3) is 0 Å². The second-order valence-electron chi connectivity index (χ2n) is 9.27. The Morgan fingerprint density at radius 1 is 1.36 bits per heavy atom. The first-order valence-corrected chi connectivity index (χ1v) is 14.5. The Morgan fingerprint density at radius 3 is 2.50 bits per heavy atom. The van der Waals surface area contributed by atoms with Gasteiger partial charge in [0, 0.05) is 12.8 Å². The lowest BCUT2D eigenvalue weighted by Gasteiger charge is -2.39. The van der Waals surface area contributed by atoms with E-state index in [9.17, 15) is 18.0 Å². The van der Waals surface area contributed by atoms with Crippen molar-refractivity contribution in [3.05, 3.63) is 11.6 Å². The molecule has 0 aromatic rings. The molecule has 0 radical (unpaired) electrons. The Balaban J connectivity index is 2.07. The predicted octanol–water partition coefficient (Wildman–Crippen LogP) is 1.91. The standard InChI is InChI=1S/C18H33N3O5SSi/c1-13-11-14-12-20(15(13)16(22)19-9-8-10-27(5,24)25)17(23)21(14)26-28(6,7)18(2,3)4/h11,14-15H,8-10,12H2,1-7H3,(H,19,22)/t14-,15+/m1/s1. The molecule has 2 heterocycles. The van der Waals surface area contributed by atoms with E-state index in [1.54, 1.807) is 4.90 Å². The Bertz CT molecular complexity index is 773. The molecule has 2 aliphatic rings. The third-order valence-electron chi connectivity index (χ3n) is 5.69. The molecule has 2 aliphatic heterocycles. The van der Waals surface area contributed by atoms with E-state index in [2.05, 4.69) is 39.2 Å². The van der Waals surface area contributed by atoms with Crippen LogP contribution < -0.4 is 5.32 Å².